The first-order valence-electron chi connectivity index (χ1n) is 5.84. The van der Waals surface area contributed by atoms with Gasteiger partial charge in [-0.05, 0) is 33.6 Å². The van der Waals surface area contributed by atoms with E-state index in [9.17, 15) is 4.79 Å². The first-order chi connectivity index (χ1) is 7.97. The van der Waals surface area contributed by atoms with Gasteiger partial charge in [-0.2, -0.15) is 5.10 Å². The SMILES string of the molecule is Cc1nn(C)c(C)c1C(=O)NC(C)CCCBr. The standard InChI is InChI=1S/C12H20BrN3O/c1-8(6-5-7-13)14-12(17)11-9(2)15-16(4)10(11)3/h8H,5-7H2,1-4H3,(H,14,17). The Morgan fingerprint density at radius 2 is 2.18 bits per heavy atom. The minimum absolute atomic E-state index is 0.0184. The Labute approximate surface area is 111 Å². The summed E-state index contributed by atoms with van der Waals surface area (Å²) >= 11 is 3.39. The van der Waals surface area contributed by atoms with Crippen LogP contribution in [0, 0.1) is 13.8 Å². The van der Waals surface area contributed by atoms with Crippen LogP contribution in [0.1, 0.15) is 41.5 Å². The van der Waals surface area contributed by atoms with Crippen molar-refractivity contribution in [3.8, 4) is 0 Å². The second-order valence-corrected chi connectivity index (χ2v) is 5.17. The second-order valence-electron chi connectivity index (χ2n) is 4.38. The van der Waals surface area contributed by atoms with Gasteiger partial charge >= 0.3 is 0 Å². The zero-order valence-corrected chi connectivity index (χ0v) is 12.5. The zero-order valence-electron chi connectivity index (χ0n) is 10.9. The van der Waals surface area contributed by atoms with Gasteiger partial charge in [-0.15, -0.1) is 0 Å². The predicted octanol–water partition coefficient (Wildman–Crippen LogP) is 2.33. The Morgan fingerprint density at radius 3 is 2.65 bits per heavy atom. The average molecular weight is 302 g/mol. The Balaban J connectivity index is 2.70. The van der Waals surface area contributed by atoms with Gasteiger partial charge in [0.25, 0.3) is 5.91 Å². The number of amides is 1. The number of nitrogens with one attached hydrogen (secondary N) is 1. The van der Waals surface area contributed by atoms with Gasteiger partial charge in [0.1, 0.15) is 0 Å². The van der Waals surface area contributed by atoms with Crippen LogP contribution in [0.15, 0.2) is 0 Å². The molecule has 1 aromatic rings. The van der Waals surface area contributed by atoms with Gasteiger partial charge in [-0.1, -0.05) is 15.9 Å². The van der Waals surface area contributed by atoms with E-state index in [0.717, 1.165) is 29.6 Å². The molecule has 1 unspecified atom stereocenters. The number of nitrogens with zero attached hydrogens (tertiary/aromatic N) is 2. The van der Waals surface area contributed by atoms with Crippen molar-refractivity contribution in [1.82, 2.24) is 15.1 Å². The van der Waals surface area contributed by atoms with Crippen molar-refractivity contribution < 1.29 is 4.79 Å². The van der Waals surface area contributed by atoms with Gasteiger partial charge in [0.15, 0.2) is 0 Å². The highest BCUT2D eigenvalue weighted by molar-refractivity contribution is 9.09. The number of aryl methyl sites for hydroxylation is 2. The molecule has 0 radical (unpaired) electrons. The molecule has 1 atom stereocenters. The smallest absolute Gasteiger partial charge is 0.255 e. The molecule has 1 rings (SSSR count). The predicted molar refractivity (Wildman–Crippen MR) is 72.6 cm³/mol. The highest BCUT2D eigenvalue weighted by atomic mass is 79.9. The minimum Gasteiger partial charge on any atom is -0.349 e. The minimum atomic E-state index is -0.0184. The fraction of sp³-hybridized carbons (Fsp3) is 0.667. The number of alkyl halides is 1. The van der Waals surface area contributed by atoms with Crippen molar-refractivity contribution >= 4 is 21.8 Å². The van der Waals surface area contributed by atoms with E-state index >= 15 is 0 Å². The maximum atomic E-state index is 12.1. The Kier molecular flexibility index (Phi) is 5.18. The molecule has 0 fully saturated rings. The number of carbonyl (C=O) groups excluding carboxylic acids is 1. The summed E-state index contributed by atoms with van der Waals surface area (Å²) in [4.78, 5) is 12.1. The van der Waals surface area contributed by atoms with Gasteiger partial charge in [0, 0.05) is 24.1 Å². The van der Waals surface area contributed by atoms with Crippen molar-refractivity contribution in [3.63, 3.8) is 0 Å². The van der Waals surface area contributed by atoms with Crippen molar-refractivity contribution in [2.24, 2.45) is 7.05 Å². The molecule has 0 aliphatic carbocycles. The highest BCUT2D eigenvalue weighted by Crippen LogP contribution is 2.12. The molecule has 0 saturated carbocycles. The summed E-state index contributed by atoms with van der Waals surface area (Å²) < 4.78 is 1.74. The molecule has 4 nitrogen and oxygen atoms in total. The molecule has 96 valence electrons. The Hall–Kier alpha value is -0.840. The molecule has 0 aliphatic heterocycles. The van der Waals surface area contributed by atoms with E-state index in [1.165, 1.54) is 0 Å². The van der Waals surface area contributed by atoms with Gasteiger partial charge in [0.2, 0.25) is 0 Å². The van der Waals surface area contributed by atoms with Gasteiger partial charge in [-0.25, -0.2) is 0 Å². The summed E-state index contributed by atoms with van der Waals surface area (Å²) in [6.45, 7) is 5.81. The second kappa shape index (κ2) is 6.19. The molecule has 1 amide bonds. The van der Waals surface area contributed by atoms with E-state index < -0.39 is 0 Å². The maximum absolute atomic E-state index is 12.1. The third-order valence-electron chi connectivity index (χ3n) is 2.88. The van der Waals surface area contributed by atoms with Crippen LogP contribution in [0.5, 0.6) is 0 Å². The molecule has 0 saturated heterocycles. The summed E-state index contributed by atoms with van der Waals surface area (Å²) in [6, 6.07) is 0.194. The van der Waals surface area contributed by atoms with E-state index in [0.29, 0.717) is 5.56 Å². The van der Waals surface area contributed by atoms with Crippen LogP contribution in [-0.2, 0) is 7.05 Å². The van der Waals surface area contributed by atoms with E-state index in [4.69, 9.17) is 0 Å². The molecule has 0 spiro atoms. The van der Waals surface area contributed by atoms with Gasteiger partial charge in [0.05, 0.1) is 11.3 Å². The zero-order chi connectivity index (χ0) is 13.0. The lowest BCUT2D eigenvalue weighted by molar-refractivity contribution is 0.0937. The van der Waals surface area contributed by atoms with Crippen LogP contribution in [-0.4, -0.2) is 27.1 Å². The van der Waals surface area contributed by atoms with E-state index in [1.54, 1.807) is 4.68 Å². The van der Waals surface area contributed by atoms with Crippen LogP contribution < -0.4 is 5.32 Å². The third-order valence-corrected chi connectivity index (χ3v) is 3.45. The summed E-state index contributed by atoms with van der Waals surface area (Å²) in [6.07, 6.45) is 2.04. The largest absolute Gasteiger partial charge is 0.349 e. The highest BCUT2D eigenvalue weighted by Gasteiger charge is 2.18. The molecule has 5 heteroatoms. The summed E-state index contributed by atoms with van der Waals surface area (Å²) in [5, 5.41) is 8.23. The molecule has 1 heterocycles. The van der Waals surface area contributed by atoms with E-state index in [1.807, 2.05) is 27.8 Å². The van der Waals surface area contributed by atoms with Crippen molar-refractivity contribution in [1.29, 1.82) is 0 Å². The van der Waals surface area contributed by atoms with Crippen molar-refractivity contribution in [3.05, 3.63) is 17.0 Å². The molecule has 0 aromatic carbocycles. The van der Waals surface area contributed by atoms with Crippen LogP contribution in [0.3, 0.4) is 0 Å². The summed E-state index contributed by atoms with van der Waals surface area (Å²) in [5.74, 6) is -0.0184. The summed E-state index contributed by atoms with van der Waals surface area (Å²) in [5.41, 5.74) is 2.40. The van der Waals surface area contributed by atoms with Crippen LogP contribution in [0.2, 0.25) is 0 Å². The molecule has 0 aliphatic rings. The molecular weight excluding hydrogens is 282 g/mol. The summed E-state index contributed by atoms with van der Waals surface area (Å²) in [7, 11) is 1.85. The monoisotopic (exact) mass is 301 g/mol. The molecular formula is C12H20BrN3O. The van der Waals surface area contributed by atoms with Crippen LogP contribution >= 0.6 is 15.9 Å². The fourth-order valence-electron chi connectivity index (χ4n) is 1.85. The van der Waals surface area contributed by atoms with Gasteiger partial charge < -0.3 is 5.32 Å². The Bertz CT molecular complexity index is 401. The number of halogens is 1. The lowest BCUT2D eigenvalue weighted by Gasteiger charge is -2.13. The first-order valence-corrected chi connectivity index (χ1v) is 6.96. The van der Waals surface area contributed by atoms with E-state index in [-0.39, 0.29) is 11.9 Å². The molecule has 17 heavy (non-hydrogen) atoms. The topological polar surface area (TPSA) is 46.9 Å². The van der Waals surface area contributed by atoms with Crippen LogP contribution in [0.25, 0.3) is 0 Å². The van der Waals surface area contributed by atoms with Crippen molar-refractivity contribution in [2.75, 3.05) is 5.33 Å². The van der Waals surface area contributed by atoms with Crippen molar-refractivity contribution in [2.45, 2.75) is 39.7 Å². The first kappa shape index (κ1) is 14.2. The average Bonchev–Trinajstić information content (AvgIpc) is 2.50. The molecule has 1 aromatic heterocycles. The lowest BCUT2D eigenvalue weighted by Crippen LogP contribution is -2.33. The third kappa shape index (κ3) is 3.56. The fourth-order valence-corrected chi connectivity index (χ4v) is 2.18. The number of aromatic nitrogens is 2. The molecule has 1 N–H and O–H groups in total. The van der Waals surface area contributed by atoms with Gasteiger partial charge in [-0.3, -0.25) is 9.48 Å². The normalized spacial score (nSPS) is 12.5. The Morgan fingerprint density at radius 1 is 1.53 bits per heavy atom. The van der Waals surface area contributed by atoms with Crippen LogP contribution in [0.4, 0.5) is 0 Å². The lowest BCUT2D eigenvalue weighted by atomic mass is 10.1. The molecule has 0 bridgehead atoms. The maximum Gasteiger partial charge on any atom is 0.255 e. The number of hydrogen-bond acceptors (Lipinski definition) is 2. The van der Waals surface area contributed by atoms with E-state index in [2.05, 4.69) is 26.3 Å². The number of carbonyl (C=O) groups is 1. The number of hydrogen-bond donors (Lipinski definition) is 1. The number of rotatable bonds is 5. The quantitative estimate of drug-likeness (QED) is 0.849.